The second-order valence-corrected chi connectivity index (χ2v) is 4.65. The van der Waals surface area contributed by atoms with Crippen molar-refractivity contribution in [3.63, 3.8) is 0 Å². The lowest BCUT2D eigenvalue weighted by molar-refractivity contribution is -0.121. The zero-order valence-corrected chi connectivity index (χ0v) is 12.2. The number of hydrogen-bond donors (Lipinski definition) is 2. The van der Waals surface area contributed by atoms with Gasteiger partial charge in [-0.3, -0.25) is 9.59 Å². The van der Waals surface area contributed by atoms with Crippen molar-refractivity contribution in [1.82, 2.24) is 10.2 Å². The number of amides is 2. The van der Waals surface area contributed by atoms with E-state index in [2.05, 4.69) is 5.32 Å². The van der Waals surface area contributed by atoms with Crippen LogP contribution in [0.5, 0.6) is 0 Å². The first-order valence-corrected chi connectivity index (χ1v) is 6.39. The van der Waals surface area contributed by atoms with Gasteiger partial charge in [0.1, 0.15) is 0 Å². The van der Waals surface area contributed by atoms with Crippen LogP contribution in [0.1, 0.15) is 10.4 Å². The molecule has 20 heavy (non-hydrogen) atoms. The van der Waals surface area contributed by atoms with Gasteiger partial charge in [-0.05, 0) is 18.2 Å². The van der Waals surface area contributed by atoms with Gasteiger partial charge in [-0.2, -0.15) is 0 Å². The molecule has 6 nitrogen and oxygen atoms in total. The van der Waals surface area contributed by atoms with Crippen molar-refractivity contribution in [2.75, 3.05) is 39.6 Å². The number of methoxy groups -OCH3 is 1. The molecule has 1 aromatic carbocycles. The molecule has 0 fully saturated rings. The molecule has 0 saturated heterocycles. The van der Waals surface area contributed by atoms with Crippen molar-refractivity contribution >= 4 is 29.1 Å². The smallest absolute Gasteiger partial charge is 0.254 e. The molecule has 110 valence electrons. The molecule has 0 saturated carbocycles. The third-order valence-corrected chi connectivity index (χ3v) is 2.94. The number of rotatable bonds is 6. The van der Waals surface area contributed by atoms with Crippen LogP contribution in [0.2, 0.25) is 5.02 Å². The third kappa shape index (κ3) is 4.71. The van der Waals surface area contributed by atoms with Crippen LogP contribution < -0.4 is 11.1 Å². The molecule has 0 spiro atoms. The van der Waals surface area contributed by atoms with E-state index >= 15 is 0 Å². The van der Waals surface area contributed by atoms with E-state index in [1.807, 2.05) is 0 Å². The van der Waals surface area contributed by atoms with Crippen molar-refractivity contribution in [3.8, 4) is 0 Å². The topological polar surface area (TPSA) is 84.7 Å². The summed E-state index contributed by atoms with van der Waals surface area (Å²) in [6.07, 6.45) is 0. The number of nitrogen functional groups attached to an aromatic ring is 1. The molecule has 2 amide bonds. The lowest BCUT2D eigenvalue weighted by Gasteiger charge is -2.17. The van der Waals surface area contributed by atoms with Crippen LogP contribution in [0.15, 0.2) is 18.2 Å². The van der Waals surface area contributed by atoms with E-state index in [1.165, 1.54) is 11.0 Å². The Morgan fingerprint density at radius 2 is 2.15 bits per heavy atom. The van der Waals surface area contributed by atoms with E-state index in [4.69, 9.17) is 22.1 Å². The number of carbonyl (C=O) groups excluding carboxylic acids is 2. The van der Waals surface area contributed by atoms with Crippen LogP contribution in [-0.4, -0.2) is 50.6 Å². The summed E-state index contributed by atoms with van der Waals surface area (Å²) in [5, 5.41) is 3.03. The second kappa shape index (κ2) is 7.72. The molecule has 0 bridgehead atoms. The van der Waals surface area contributed by atoms with Crippen molar-refractivity contribution in [2.24, 2.45) is 0 Å². The number of likely N-dealkylation sites (N-methyl/N-ethyl adjacent to an activating group) is 1. The number of nitrogens with zero attached hydrogens (tertiary/aromatic N) is 1. The van der Waals surface area contributed by atoms with Gasteiger partial charge >= 0.3 is 0 Å². The minimum atomic E-state index is -0.296. The van der Waals surface area contributed by atoms with Crippen LogP contribution in [0, 0.1) is 0 Å². The van der Waals surface area contributed by atoms with E-state index in [-0.39, 0.29) is 18.4 Å². The van der Waals surface area contributed by atoms with Crippen LogP contribution in [0.4, 0.5) is 5.69 Å². The number of carbonyl (C=O) groups is 2. The summed E-state index contributed by atoms with van der Waals surface area (Å²) in [4.78, 5) is 25.0. The molecule has 7 heteroatoms. The number of ether oxygens (including phenoxy) is 1. The number of nitrogens with one attached hydrogen (secondary N) is 1. The highest BCUT2D eigenvalue weighted by atomic mass is 35.5. The number of halogens is 1. The Balaban J connectivity index is 2.58. The van der Waals surface area contributed by atoms with Gasteiger partial charge in [0, 0.05) is 26.3 Å². The highest BCUT2D eigenvalue weighted by Gasteiger charge is 2.15. The number of hydrogen-bond acceptors (Lipinski definition) is 4. The Morgan fingerprint density at radius 3 is 2.75 bits per heavy atom. The molecule has 0 aliphatic carbocycles. The van der Waals surface area contributed by atoms with Gasteiger partial charge in [-0.1, -0.05) is 11.6 Å². The number of benzene rings is 1. The van der Waals surface area contributed by atoms with Gasteiger partial charge in [-0.15, -0.1) is 0 Å². The van der Waals surface area contributed by atoms with E-state index in [1.54, 1.807) is 26.3 Å². The summed E-state index contributed by atoms with van der Waals surface area (Å²) in [6.45, 7) is 0.799. The molecular formula is C13H18ClN3O3. The highest BCUT2D eigenvalue weighted by Crippen LogP contribution is 2.20. The maximum absolute atomic E-state index is 12.1. The Bertz CT molecular complexity index is 494. The summed E-state index contributed by atoms with van der Waals surface area (Å²) in [5.41, 5.74) is 6.36. The van der Waals surface area contributed by atoms with E-state index < -0.39 is 0 Å². The number of nitrogens with two attached hydrogens (primary N) is 1. The molecule has 0 radical (unpaired) electrons. The Hall–Kier alpha value is -1.79. The predicted molar refractivity (Wildman–Crippen MR) is 77.7 cm³/mol. The Morgan fingerprint density at radius 1 is 1.45 bits per heavy atom. The predicted octanol–water partition coefficient (Wildman–Crippen LogP) is 0.757. The van der Waals surface area contributed by atoms with Gasteiger partial charge in [-0.25, -0.2) is 0 Å². The highest BCUT2D eigenvalue weighted by molar-refractivity contribution is 6.33. The Labute approximate surface area is 122 Å². The zero-order chi connectivity index (χ0) is 15.1. The largest absolute Gasteiger partial charge is 0.398 e. The summed E-state index contributed by atoms with van der Waals surface area (Å²) >= 11 is 5.79. The minimum absolute atomic E-state index is 0.0366. The lowest BCUT2D eigenvalue weighted by atomic mass is 10.2. The van der Waals surface area contributed by atoms with Gasteiger partial charge in [0.2, 0.25) is 5.91 Å². The van der Waals surface area contributed by atoms with Crippen molar-refractivity contribution < 1.29 is 14.3 Å². The quantitative estimate of drug-likeness (QED) is 0.600. The first kappa shape index (κ1) is 16.3. The first-order valence-electron chi connectivity index (χ1n) is 6.02. The van der Waals surface area contributed by atoms with Crippen LogP contribution in [0.25, 0.3) is 0 Å². The fourth-order valence-corrected chi connectivity index (χ4v) is 1.65. The van der Waals surface area contributed by atoms with E-state index in [9.17, 15) is 9.59 Å². The molecule has 0 unspecified atom stereocenters. The monoisotopic (exact) mass is 299 g/mol. The van der Waals surface area contributed by atoms with E-state index in [0.29, 0.717) is 29.4 Å². The summed E-state index contributed by atoms with van der Waals surface area (Å²) < 4.78 is 4.82. The first-order chi connectivity index (χ1) is 9.45. The Kier molecular flexibility index (Phi) is 6.27. The number of anilines is 1. The molecule has 0 atom stereocenters. The summed E-state index contributed by atoms with van der Waals surface area (Å²) in [6, 6.07) is 4.61. The maximum Gasteiger partial charge on any atom is 0.254 e. The lowest BCUT2D eigenvalue weighted by Crippen LogP contribution is -2.39. The SMILES string of the molecule is COCCNC(=O)CN(C)C(=O)c1ccc(Cl)c(N)c1. The van der Waals surface area contributed by atoms with Gasteiger partial charge in [0.15, 0.2) is 0 Å². The van der Waals surface area contributed by atoms with Crippen LogP contribution >= 0.6 is 11.6 Å². The average Bonchev–Trinajstić information content (AvgIpc) is 2.41. The summed E-state index contributed by atoms with van der Waals surface area (Å²) in [7, 11) is 3.09. The van der Waals surface area contributed by atoms with Gasteiger partial charge < -0.3 is 20.7 Å². The normalized spacial score (nSPS) is 10.2. The average molecular weight is 300 g/mol. The fraction of sp³-hybridized carbons (Fsp3) is 0.385. The standard InChI is InChI=1S/C13H18ClN3O3/c1-17(8-12(18)16-5-6-20-2)13(19)9-3-4-10(14)11(15)7-9/h3-4,7H,5-6,8,15H2,1-2H3,(H,16,18). The van der Waals surface area contributed by atoms with Crippen molar-refractivity contribution in [3.05, 3.63) is 28.8 Å². The zero-order valence-electron chi connectivity index (χ0n) is 11.5. The fourth-order valence-electron chi connectivity index (χ4n) is 1.53. The molecule has 1 rings (SSSR count). The van der Waals surface area contributed by atoms with Crippen molar-refractivity contribution in [2.45, 2.75) is 0 Å². The minimum Gasteiger partial charge on any atom is -0.398 e. The molecule has 1 aromatic rings. The second-order valence-electron chi connectivity index (χ2n) is 4.24. The molecule has 0 aromatic heterocycles. The van der Waals surface area contributed by atoms with E-state index in [0.717, 1.165) is 0 Å². The van der Waals surface area contributed by atoms with Gasteiger partial charge in [0.05, 0.1) is 23.9 Å². The summed E-state index contributed by atoms with van der Waals surface area (Å²) in [5.74, 6) is -0.546. The van der Waals surface area contributed by atoms with Crippen LogP contribution in [-0.2, 0) is 9.53 Å². The molecule has 3 N–H and O–H groups in total. The van der Waals surface area contributed by atoms with Crippen molar-refractivity contribution in [1.29, 1.82) is 0 Å². The van der Waals surface area contributed by atoms with Gasteiger partial charge in [0.25, 0.3) is 5.91 Å². The van der Waals surface area contributed by atoms with Crippen LogP contribution in [0.3, 0.4) is 0 Å². The molecule has 0 aliphatic heterocycles. The third-order valence-electron chi connectivity index (χ3n) is 2.60. The molecular weight excluding hydrogens is 282 g/mol. The molecule has 0 heterocycles. The molecule has 0 aliphatic rings. The maximum atomic E-state index is 12.1.